The SMILES string of the molecule is Cc1cc(C(O)C(CN)c2c(Cl)cccc2Cl)ccc1Br. The molecule has 0 saturated heterocycles. The molecule has 0 radical (unpaired) electrons. The Morgan fingerprint density at radius 2 is 1.81 bits per heavy atom. The summed E-state index contributed by atoms with van der Waals surface area (Å²) >= 11 is 15.9. The van der Waals surface area contributed by atoms with Crippen LogP contribution in [0.15, 0.2) is 40.9 Å². The minimum Gasteiger partial charge on any atom is -0.388 e. The number of hydrogen-bond donors (Lipinski definition) is 2. The van der Waals surface area contributed by atoms with Crippen LogP contribution >= 0.6 is 39.1 Å². The summed E-state index contributed by atoms with van der Waals surface area (Å²) in [4.78, 5) is 0. The van der Waals surface area contributed by atoms with Gasteiger partial charge in [-0.05, 0) is 41.8 Å². The van der Waals surface area contributed by atoms with Gasteiger partial charge >= 0.3 is 0 Å². The minimum absolute atomic E-state index is 0.250. The summed E-state index contributed by atoms with van der Waals surface area (Å²) < 4.78 is 0.999. The molecule has 0 amide bonds. The van der Waals surface area contributed by atoms with E-state index in [1.807, 2.05) is 25.1 Å². The molecule has 0 aliphatic carbocycles. The predicted octanol–water partition coefficient (Wildman–Crippen LogP) is 4.84. The van der Waals surface area contributed by atoms with Gasteiger partial charge in [0, 0.05) is 27.0 Å². The molecule has 0 aliphatic rings. The maximum absolute atomic E-state index is 10.7. The highest BCUT2D eigenvalue weighted by Gasteiger charge is 2.25. The number of aryl methyl sites for hydroxylation is 1. The topological polar surface area (TPSA) is 46.2 Å². The third-order valence-corrected chi connectivity index (χ3v) is 5.08. The zero-order valence-electron chi connectivity index (χ0n) is 11.5. The van der Waals surface area contributed by atoms with Gasteiger partial charge in [0.2, 0.25) is 0 Å². The van der Waals surface area contributed by atoms with E-state index in [1.54, 1.807) is 18.2 Å². The van der Waals surface area contributed by atoms with E-state index in [-0.39, 0.29) is 12.5 Å². The van der Waals surface area contributed by atoms with Crippen molar-refractivity contribution in [3.8, 4) is 0 Å². The molecule has 0 fully saturated rings. The fourth-order valence-electron chi connectivity index (χ4n) is 2.35. The number of nitrogens with two attached hydrogens (primary N) is 1. The summed E-state index contributed by atoms with van der Waals surface area (Å²) in [5, 5.41) is 11.7. The first-order chi connectivity index (χ1) is 9.95. The van der Waals surface area contributed by atoms with E-state index in [2.05, 4.69) is 15.9 Å². The minimum atomic E-state index is -0.765. The lowest BCUT2D eigenvalue weighted by Gasteiger charge is -2.24. The van der Waals surface area contributed by atoms with Crippen molar-refractivity contribution in [1.29, 1.82) is 0 Å². The van der Waals surface area contributed by atoms with Crippen LogP contribution in [-0.2, 0) is 0 Å². The van der Waals surface area contributed by atoms with Crippen molar-refractivity contribution in [3.05, 3.63) is 67.6 Å². The number of rotatable bonds is 4. The average Bonchev–Trinajstić information content (AvgIpc) is 2.45. The Balaban J connectivity index is 2.43. The molecule has 0 saturated carbocycles. The number of aliphatic hydroxyl groups is 1. The highest BCUT2D eigenvalue weighted by Crippen LogP contribution is 2.38. The zero-order chi connectivity index (χ0) is 15.6. The van der Waals surface area contributed by atoms with E-state index in [4.69, 9.17) is 28.9 Å². The van der Waals surface area contributed by atoms with Crippen molar-refractivity contribution < 1.29 is 5.11 Å². The molecule has 0 bridgehead atoms. The summed E-state index contributed by atoms with van der Waals surface area (Å²) in [7, 11) is 0. The van der Waals surface area contributed by atoms with Gasteiger partial charge in [-0.2, -0.15) is 0 Å². The van der Waals surface area contributed by atoms with Crippen molar-refractivity contribution in [2.45, 2.75) is 18.9 Å². The van der Waals surface area contributed by atoms with Gasteiger partial charge in [0.1, 0.15) is 0 Å². The molecule has 5 heteroatoms. The molecule has 0 aromatic heterocycles. The smallest absolute Gasteiger partial charge is 0.0871 e. The van der Waals surface area contributed by atoms with Crippen molar-refractivity contribution in [2.75, 3.05) is 6.54 Å². The van der Waals surface area contributed by atoms with E-state index in [9.17, 15) is 5.11 Å². The predicted molar refractivity (Wildman–Crippen MR) is 92.1 cm³/mol. The molecule has 0 spiro atoms. The molecule has 2 aromatic rings. The van der Waals surface area contributed by atoms with Crippen molar-refractivity contribution in [1.82, 2.24) is 0 Å². The van der Waals surface area contributed by atoms with Crippen LogP contribution in [-0.4, -0.2) is 11.7 Å². The number of benzene rings is 2. The van der Waals surface area contributed by atoms with Crippen molar-refractivity contribution in [3.63, 3.8) is 0 Å². The lowest BCUT2D eigenvalue weighted by atomic mass is 9.88. The van der Waals surface area contributed by atoms with Gasteiger partial charge in [-0.15, -0.1) is 0 Å². The Morgan fingerprint density at radius 3 is 2.33 bits per heavy atom. The Kier molecular flexibility index (Phi) is 5.69. The highest BCUT2D eigenvalue weighted by molar-refractivity contribution is 9.10. The van der Waals surface area contributed by atoms with E-state index in [0.717, 1.165) is 15.6 Å². The van der Waals surface area contributed by atoms with Crippen LogP contribution in [0, 0.1) is 6.92 Å². The quantitative estimate of drug-likeness (QED) is 0.786. The Labute approximate surface area is 143 Å². The van der Waals surface area contributed by atoms with Crippen LogP contribution in [0.5, 0.6) is 0 Å². The second kappa shape index (κ2) is 7.12. The first-order valence-electron chi connectivity index (χ1n) is 6.53. The lowest BCUT2D eigenvalue weighted by Crippen LogP contribution is -2.21. The molecule has 2 unspecified atom stereocenters. The third-order valence-electron chi connectivity index (χ3n) is 3.53. The van der Waals surface area contributed by atoms with Gasteiger partial charge < -0.3 is 10.8 Å². The van der Waals surface area contributed by atoms with Gasteiger partial charge in [-0.3, -0.25) is 0 Å². The summed E-state index contributed by atoms with van der Waals surface area (Å²) in [6.45, 7) is 2.22. The van der Waals surface area contributed by atoms with E-state index in [0.29, 0.717) is 15.6 Å². The molecular formula is C16H16BrCl2NO. The van der Waals surface area contributed by atoms with Gasteiger partial charge in [0.15, 0.2) is 0 Å². The Hall–Kier alpha value is -0.580. The molecule has 2 atom stereocenters. The third kappa shape index (κ3) is 3.61. The maximum atomic E-state index is 10.7. The lowest BCUT2D eigenvalue weighted by molar-refractivity contribution is 0.147. The van der Waals surface area contributed by atoms with Gasteiger partial charge in [0.05, 0.1) is 6.10 Å². The van der Waals surface area contributed by atoms with Crippen LogP contribution in [0.25, 0.3) is 0 Å². The molecule has 2 nitrogen and oxygen atoms in total. The molecule has 21 heavy (non-hydrogen) atoms. The summed E-state index contributed by atoms with van der Waals surface area (Å²) in [5.41, 5.74) is 8.40. The fraction of sp³-hybridized carbons (Fsp3) is 0.250. The second-order valence-corrected chi connectivity index (χ2v) is 6.60. The van der Waals surface area contributed by atoms with Crippen molar-refractivity contribution >= 4 is 39.1 Å². The average molecular weight is 389 g/mol. The molecular weight excluding hydrogens is 373 g/mol. The number of hydrogen-bond acceptors (Lipinski definition) is 2. The largest absolute Gasteiger partial charge is 0.388 e. The standard InChI is InChI=1S/C16H16BrCl2NO/c1-9-7-10(5-6-12(9)17)16(21)11(8-20)15-13(18)3-2-4-14(15)19/h2-7,11,16,21H,8,20H2,1H3. The monoisotopic (exact) mass is 387 g/mol. The normalized spacial score (nSPS) is 14.0. The number of aliphatic hydroxyl groups excluding tert-OH is 1. The molecule has 2 aromatic carbocycles. The molecule has 0 aliphatic heterocycles. The molecule has 0 heterocycles. The van der Waals surface area contributed by atoms with Gasteiger partial charge in [0.25, 0.3) is 0 Å². The molecule has 2 rings (SSSR count). The van der Waals surface area contributed by atoms with Crippen LogP contribution in [0.4, 0.5) is 0 Å². The van der Waals surface area contributed by atoms with E-state index < -0.39 is 6.10 Å². The fourth-order valence-corrected chi connectivity index (χ4v) is 3.28. The Bertz CT molecular complexity index is 628. The first kappa shape index (κ1) is 16.8. The van der Waals surface area contributed by atoms with Gasteiger partial charge in [-0.1, -0.05) is 57.3 Å². The van der Waals surface area contributed by atoms with E-state index in [1.165, 1.54) is 0 Å². The maximum Gasteiger partial charge on any atom is 0.0871 e. The molecule has 3 N–H and O–H groups in total. The Morgan fingerprint density at radius 1 is 1.19 bits per heavy atom. The van der Waals surface area contributed by atoms with Crippen LogP contribution in [0.3, 0.4) is 0 Å². The van der Waals surface area contributed by atoms with Crippen molar-refractivity contribution in [2.24, 2.45) is 5.73 Å². The summed E-state index contributed by atoms with van der Waals surface area (Å²) in [5.74, 6) is -0.355. The second-order valence-electron chi connectivity index (χ2n) is 4.93. The summed E-state index contributed by atoms with van der Waals surface area (Å²) in [6, 6.07) is 11.0. The number of halogens is 3. The van der Waals surface area contributed by atoms with E-state index >= 15 is 0 Å². The highest BCUT2D eigenvalue weighted by atomic mass is 79.9. The van der Waals surface area contributed by atoms with Gasteiger partial charge in [-0.25, -0.2) is 0 Å². The van der Waals surface area contributed by atoms with Crippen LogP contribution in [0.1, 0.15) is 28.7 Å². The van der Waals surface area contributed by atoms with Crippen LogP contribution < -0.4 is 5.73 Å². The zero-order valence-corrected chi connectivity index (χ0v) is 14.6. The first-order valence-corrected chi connectivity index (χ1v) is 8.08. The summed E-state index contributed by atoms with van der Waals surface area (Å²) in [6.07, 6.45) is -0.765. The van der Waals surface area contributed by atoms with Crippen LogP contribution in [0.2, 0.25) is 10.0 Å². The molecule has 112 valence electrons.